The Hall–Kier alpha value is -1.98. The van der Waals surface area contributed by atoms with Gasteiger partial charge in [0.2, 0.25) is 0 Å². The minimum absolute atomic E-state index is 0.242. The summed E-state index contributed by atoms with van der Waals surface area (Å²) in [6, 6.07) is 1.58. The summed E-state index contributed by atoms with van der Waals surface area (Å²) in [4.78, 5) is 17.0. The van der Waals surface area contributed by atoms with Crippen LogP contribution in [0.2, 0.25) is 0 Å². The molecule has 0 aliphatic carbocycles. The first-order chi connectivity index (χ1) is 7.70. The van der Waals surface area contributed by atoms with Crippen LogP contribution in [0.5, 0.6) is 0 Å². The highest BCUT2D eigenvalue weighted by Crippen LogP contribution is 2.21. The van der Waals surface area contributed by atoms with E-state index in [0.29, 0.717) is 11.4 Å². The van der Waals surface area contributed by atoms with Crippen molar-refractivity contribution in [1.82, 2.24) is 4.98 Å². The second-order valence-corrected chi connectivity index (χ2v) is 4.71. The van der Waals surface area contributed by atoms with Crippen LogP contribution in [0.15, 0.2) is 12.3 Å². The molecule has 0 saturated heterocycles. The maximum absolute atomic E-state index is 11.8. The summed E-state index contributed by atoms with van der Waals surface area (Å²) in [7, 11) is 1.58. The molecule has 1 aromatic heterocycles. The van der Waals surface area contributed by atoms with Crippen LogP contribution in [0.1, 0.15) is 20.8 Å². The van der Waals surface area contributed by atoms with Crippen molar-refractivity contribution in [1.29, 1.82) is 0 Å². The van der Waals surface area contributed by atoms with Crippen molar-refractivity contribution in [3.8, 4) is 0 Å². The van der Waals surface area contributed by atoms with E-state index in [9.17, 15) is 4.79 Å². The Balaban J connectivity index is 2.85. The number of carbonyl (C=O) groups excluding carboxylic acids is 1. The molecule has 1 heterocycles. The number of nitrogens with two attached hydrogens (primary N) is 2. The Bertz CT molecular complexity index is 426. The summed E-state index contributed by atoms with van der Waals surface area (Å²) in [6.45, 7) is 5.40. The van der Waals surface area contributed by atoms with E-state index < -0.39 is 11.7 Å². The van der Waals surface area contributed by atoms with E-state index >= 15 is 0 Å². The van der Waals surface area contributed by atoms with Gasteiger partial charge < -0.3 is 16.2 Å². The molecule has 0 fully saturated rings. The minimum Gasteiger partial charge on any atom is -0.443 e. The molecule has 1 rings (SSSR count). The topological polar surface area (TPSA) is 94.5 Å². The Morgan fingerprint density at radius 3 is 2.47 bits per heavy atom. The second kappa shape index (κ2) is 4.48. The van der Waals surface area contributed by atoms with Gasteiger partial charge in [-0.2, -0.15) is 0 Å². The van der Waals surface area contributed by atoms with E-state index in [1.165, 1.54) is 11.1 Å². The van der Waals surface area contributed by atoms with Gasteiger partial charge in [0.15, 0.2) is 0 Å². The molecule has 6 heteroatoms. The molecule has 0 aliphatic rings. The largest absolute Gasteiger partial charge is 0.443 e. The molecule has 0 aliphatic heterocycles. The number of ether oxygens (including phenoxy) is 1. The van der Waals surface area contributed by atoms with Gasteiger partial charge in [0.1, 0.15) is 11.4 Å². The van der Waals surface area contributed by atoms with Crippen LogP contribution in [0.4, 0.5) is 22.0 Å². The van der Waals surface area contributed by atoms with E-state index in [1.807, 2.05) is 0 Å². The first-order valence-corrected chi connectivity index (χ1v) is 5.18. The SMILES string of the molecule is CN(C(=O)OC(C)(C)C)c1cnc(N)c(N)c1. The number of nitrogens with zero attached hydrogens (tertiary/aromatic N) is 2. The van der Waals surface area contributed by atoms with E-state index in [2.05, 4.69) is 4.98 Å². The summed E-state index contributed by atoms with van der Waals surface area (Å²) < 4.78 is 5.21. The predicted molar refractivity (Wildman–Crippen MR) is 67.7 cm³/mol. The normalized spacial score (nSPS) is 11.1. The Labute approximate surface area is 101 Å². The van der Waals surface area contributed by atoms with Crippen LogP contribution < -0.4 is 16.4 Å². The van der Waals surface area contributed by atoms with Gasteiger partial charge in [-0.15, -0.1) is 0 Å². The Morgan fingerprint density at radius 1 is 1.41 bits per heavy atom. The van der Waals surface area contributed by atoms with Gasteiger partial charge in [-0.05, 0) is 26.8 Å². The third-order valence-corrected chi connectivity index (χ3v) is 1.99. The summed E-state index contributed by atoms with van der Waals surface area (Å²) in [5, 5.41) is 0. The first kappa shape index (κ1) is 13.1. The molecule has 0 aromatic carbocycles. The van der Waals surface area contributed by atoms with Crippen molar-refractivity contribution in [2.75, 3.05) is 23.4 Å². The number of hydrogen-bond acceptors (Lipinski definition) is 5. The molecule has 94 valence electrons. The number of anilines is 3. The lowest BCUT2D eigenvalue weighted by atomic mass is 10.2. The number of aromatic nitrogens is 1. The molecule has 1 amide bonds. The summed E-state index contributed by atoms with van der Waals surface area (Å²) in [5.74, 6) is 0.242. The molecule has 6 nitrogen and oxygen atoms in total. The number of nitrogen functional groups attached to an aromatic ring is 2. The summed E-state index contributed by atoms with van der Waals surface area (Å²) in [5.41, 5.74) is 11.4. The fourth-order valence-electron chi connectivity index (χ4n) is 1.10. The number of hydrogen-bond donors (Lipinski definition) is 2. The molecule has 0 radical (unpaired) electrons. The van der Waals surface area contributed by atoms with Gasteiger partial charge in [-0.3, -0.25) is 4.90 Å². The van der Waals surface area contributed by atoms with E-state index in [-0.39, 0.29) is 5.82 Å². The highest BCUT2D eigenvalue weighted by Gasteiger charge is 2.20. The van der Waals surface area contributed by atoms with Crippen LogP contribution in [-0.4, -0.2) is 23.7 Å². The van der Waals surface area contributed by atoms with E-state index in [0.717, 1.165) is 0 Å². The van der Waals surface area contributed by atoms with Gasteiger partial charge >= 0.3 is 6.09 Å². The van der Waals surface area contributed by atoms with Crippen molar-refractivity contribution < 1.29 is 9.53 Å². The zero-order chi connectivity index (χ0) is 13.2. The first-order valence-electron chi connectivity index (χ1n) is 5.18. The number of rotatable bonds is 1. The van der Waals surface area contributed by atoms with E-state index in [4.69, 9.17) is 16.2 Å². The molecule has 4 N–H and O–H groups in total. The molecule has 0 saturated carbocycles. The number of amides is 1. The van der Waals surface area contributed by atoms with Crippen molar-refractivity contribution >= 4 is 23.3 Å². The molecule has 0 spiro atoms. The highest BCUT2D eigenvalue weighted by molar-refractivity contribution is 5.88. The maximum Gasteiger partial charge on any atom is 0.414 e. The summed E-state index contributed by atoms with van der Waals surface area (Å²) in [6.07, 6.45) is 0.999. The lowest BCUT2D eigenvalue weighted by Gasteiger charge is -2.24. The maximum atomic E-state index is 11.8. The van der Waals surface area contributed by atoms with Crippen LogP contribution in [0.25, 0.3) is 0 Å². The van der Waals surface area contributed by atoms with Crippen LogP contribution in [0.3, 0.4) is 0 Å². The summed E-state index contributed by atoms with van der Waals surface area (Å²) >= 11 is 0. The van der Waals surface area contributed by atoms with Crippen molar-refractivity contribution in [2.24, 2.45) is 0 Å². The second-order valence-electron chi connectivity index (χ2n) is 4.71. The van der Waals surface area contributed by atoms with Crippen LogP contribution in [0, 0.1) is 0 Å². The third-order valence-electron chi connectivity index (χ3n) is 1.99. The molecular weight excluding hydrogens is 220 g/mol. The van der Waals surface area contributed by atoms with Crippen molar-refractivity contribution in [3.63, 3.8) is 0 Å². The van der Waals surface area contributed by atoms with Gasteiger partial charge in [0.25, 0.3) is 0 Å². The standard InChI is InChI=1S/C11H18N4O2/c1-11(2,3)17-10(16)15(4)7-5-8(12)9(13)14-6-7/h5-6H,12H2,1-4H3,(H2,13,14). The number of carbonyl (C=O) groups is 1. The van der Waals surface area contributed by atoms with Gasteiger partial charge in [-0.25, -0.2) is 9.78 Å². The van der Waals surface area contributed by atoms with Crippen LogP contribution >= 0.6 is 0 Å². The van der Waals surface area contributed by atoms with Crippen LogP contribution in [-0.2, 0) is 4.74 Å². The Kier molecular flexibility index (Phi) is 3.45. The molecule has 0 bridgehead atoms. The lowest BCUT2D eigenvalue weighted by molar-refractivity contribution is 0.0589. The molecule has 1 aromatic rings. The van der Waals surface area contributed by atoms with Gasteiger partial charge in [-0.1, -0.05) is 0 Å². The van der Waals surface area contributed by atoms with E-state index in [1.54, 1.807) is 33.9 Å². The zero-order valence-corrected chi connectivity index (χ0v) is 10.5. The fraction of sp³-hybridized carbons (Fsp3) is 0.455. The van der Waals surface area contributed by atoms with Crippen molar-refractivity contribution in [2.45, 2.75) is 26.4 Å². The highest BCUT2D eigenvalue weighted by atomic mass is 16.6. The predicted octanol–water partition coefficient (Wildman–Crippen LogP) is 1.62. The van der Waals surface area contributed by atoms with Gasteiger partial charge in [0, 0.05) is 7.05 Å². The fourth-order valence-corrected chi connectivity index (χ4v) is 1.10. The minimum atomic E-state index is -0.544. The van der Waals surface area contributed by atoms with Crippen molar-refractivity contribution in [3.05, 3.63) is 12.3 Å². The lowest BCUT2D eigenvalue weighted by Crippen LogP contribution is -2.34. The third kappa shape index (κ3) is 3.51. The molecule has 17 heavy (non-hydrogen) atoms. The zero-order valence-electron chi connectivity index (χ0n) is 10.5. The molecular formula is C11H18N4O2. The smallest absolute Gasteiger partial charge is 0.414 e. The molecule has 0 atom stereocenters. The average molecular weight is 238 g/mol. The monoisotopic (exact) mass is 238 g/mol. The Morgan fingerprint density at radius 2 is 2.00 bits per heavy atom. The van der Waals surface area contributed by atoms with Gasteiger partial charge in [0.05, 0.1) is 17.6 Å². The average Bonchev–Trinajstić information content (AvgIpc) is 2.18. The molecule has 0 unspecified atom stereocenters. The quantitative estimate of drug-likeness (QED) is 0.775. The number of pyridine rings is 1.